The zero-order chi connectivity index (χ0) is 30.2. The molecule has 0 spiro atoms. The summed E-state index contributed by atoms with van der Waals surface area (Å²) in [6.45, 7) is 14.9. The number of nitrogens with two attached hydrogens (primary N) is 3. The zero-order valence-electron chi connectivity index (χ0n) is 27.1. The van der Waals surface area contributed by atoms with E-state index in [0.717, 1.165) is 117 Å². The molecule has 1 aromatic rings. The number of benzene rings is 1. The fourth-order valence-corrected chi connectivity index (χ4v) is 4.90. The third kappa shape index (κ3) is 25.4. The molecule has 246 valence electrons. The lowest BCUT2D eigenvalue weighted by atomic mass is 10.0. The van der Waals surface area contributed by atoms with Gasteiger partial charge >= 0.3 is 0 Å². The normalized spacial score (nSPS) is 11.5. The van der Waals surface area contributed by atoms with Crippen LogP contribution < -0.4 is 49.1 Å². The maximum Gasteiger partial charge on any atom is 0.0205 e. The second-order valence-electron chi connectivity index (χ2n) is 11.5. The number of hydrogen-bond acceptors (Lipinski definition) is 9. The summed E-state index contributed by atoms with van der Waals surface area (Å²) in [6, 6.07) is 7.12. The fourth-order valence-electron chi connectivity index (χ4n) is 4.90. The lowest BCUT2D eigenvalue weighted by Crippen LogP contribution is -2.21. The molecule has 0 unspecified atom stereocenters. The van der Waals surface area contributed by atoms with Gasteiger partial charge in [0.2, 0.25) is 0 Å². The van der Waals surface area contributed by atoms with E-state index < -0.39 is 0 Å². The lowest BCUT2D eigenvalue weighted by Gasteiger charge is -2.13. The quantitative estimate of drug-likeness (QED) is 0.0561. The van der Waals surface area contributed by atoms with Gasteiger partial charge in [0.25, 0.3) is 0 Å². The fraction of sp³-hybridized carbons (Fsp3) is 0.818. The summed E-state index contributed by atoms with van der Waals surface area (Å²) < 4.78 is 0. The van der Waals surface area contributed by atoms with Gasteiger partial charge in [0.05, 0.1) is 0 Å². The first-order valence-corrected chi connectivity index (χ1v) is 17.3. The SMILES string of the molecule is NCCCCNCCCCNCc1cc(CNCCCCNCCCCN)cc(CNCCCCNCCCCN)c1. The smallest absolute Gasteiger partial charge is 0.0205 e. The van der Waals surface area contributed by atoms with E-state index in [9.17, 15) is 0 Å². The minimum Gasteiger partial charge on any atom is -0.330 e. The van der Waals surface area contributed by atoms with E-state index in [4.69, 9.17) is 17.2 Å². The van der Waals surface area contributed by atoms with Gasteiger partial charge in [0, 0.05) is 19.6 Å². The summed E-state index contributed by atoms with van der Waals surface area (Å²) in [7, 11) is 0. The molecule has 0 bridgehead atoms. The van der Waals surface area contributed by atoms with Crippen LogP contribution in [0.5, 0.6) is 0 Å². The summed E-state index contributed by atoms with van der Waals surface area (Å²) in [5.74, 6) is 0. The van der Waals surface area contributed by atoms with Crippen molar-refractivity contribution in [1.29, 1.82) is 0 Å². The summed E-state index contributed by atoms with van der Waals surface area (Å²) in [5, 5.41) is 21.6. The van der Waals surface area contributed by atoms with Crippen LogP contribution in [0.1, 0.15) is 93.7 Å². The van der Waals surface area contributed by atoms with E-state index in [1.807, 2.05) is 0 Å². The monoisotopic (exact) mass is 592 g/mol. The third-order valence-electron chi connectivity index (χ3n) is 7.39. The Morgan fingerprint density at radius 2 is 0.524 bits per heavy atom. The van der Waals surface area contributed by atoms with Crippen LogP contribution in [0.2, 0.25) is 0 Å². The van der Waals surface area contributed by atoms with Gasteiger partial charge in [-0.15, -0.1) is 0 Å². The standard InChI is InChI=1S/C33H69N9/c34-13-1-4-16-37-19-7-10-22-40-28-31-25-32(29-41-23-11-8-20-38-17-5-2-14-35)27-33(26-31)30-42-24-12-9-21-39-18-6-3-15-36/h25-27,37-42H,1-24,28-30,34-36H2. The number of rotatable bonds is 33. The molecule has 0 heterocycles. The molecule has 42 heavy (non-hydrogen) atoms. The molecular weight excluding hydrogens is 522 g/mol. The maximum absolute atomic E-state index is 5.56. The Balaban J connectivity index is 2.35. The predicted molar refractivity (Wildman–Crippen MR) is 183 cm³/mol. The molecule has 0 saturated heterocycles. The predicted octanol–water partition coefficient (Wildman–Crippen LogP) is 2.28. The average Bonchev–Trinajstić information content (AvgIpc) is 3.00. The van der Waals surface area contributed by atoms with E-state index in [0.29, 0.717) is 0 Å². The molecule has 12 N–H and O–H groups in total. The van der Waals surface area contributed by atoms with Crippen LogP contribution in [0.3, 0.4) is 0 Å². The first-order valence-electron chi connectivity index (χ1n) is 17.3. The first-order chi connectivity index (χ1) is 20.8. The number of unbranched alkanes of at least 4 members (excludes halogenated alkanes) is 6. The van der Waals surface area contributed by atoms with E-state index >= 15 is 0 Å². The Bertz CT molecular complexity index is 587. The van der Waals surface area contributed by atoms with Crippen molar-refractivity contribution in [2.45, 2.75) is 96.7 Å². The summed E-state index contributed by atoms with van der Waals surface area (Å²) in [6.07, 6.45) is 14.1. The highest BCUT2D eigenvalue weighted by Crippen LogP contribution is 2.11. The van der Waals surface area contributed by atoms with Crippen LogP contribution in [0.4, 0.5) is 0 Å². The second kappa shape index (κ2) is 31.3. The van der Waals surface area contributed by atoms with Crippen molar-refractivity contribution in [3.8, 4) is 0 Å². The van der Waals surface area contributed by atoms with E-state index in [1.165, 1.54) is 74.5 Å². The maximum atomic E-state index is 5.56. The topological polar surface area (TPSA) is 150 Å². The number of hydrogen-bond donors (Lipinski definition) is 9. The zero-order valence-corrected chi connectivity index (χ0v) is 27.1. The summed E-state index contributed by atoms with van der Waals surface area (Å²) >= 11 is 0. The van der Waals surface area contributed by atoms with Crippen molar-refractivity contribution in [3.63, 3.8) is 0 Å². The molecule has 0 saturated carbocycles. The highest BCUT2D eigenvalue weighted by molar-refractivity contribution is 5.30. The van der Waals surface area contributed by atoms with E-state index in [1.54, 1.807) is 0 Å². The van der Waals surface area contributed by atoms with Gasteiger partial charge in [-0.05, 0) is 172 Å². The molecule has 0 fully saturated rings. The molecule has 0 aliphatic carbocycles. The highest BCUT2D eigenvalue weighted by Gasteiger charge is 2.03. The number of nitrogens with one attached hydrogen (secondary N) is 6. The average molecular weight is 592 g/mol. The molecular formula is C33H69N9. The van der Waals surface area contributed by atoms with Gasteiger partial charge in [0.1, 0.15) is 0 Å². The Hall–Kier alpha value is -1.14. The van der Waals surface area contributed by atoms with Crippen LogP contribution in [0.15, 0.2) is 18.2 Å². The van der Waals surface area contributed by atoms with Crippen molar-refractivity contribution in [3.05, 3.63) is 34.9 Å². The van der Waals surface area contributed by atoms with Crippen LogP contribution in [-0.4, -0.2) is 78.5 Å². The Kier molecular flexibility index (Phi) is 29.0. The van der Waals surface area contributed by atoms with Crippen molar-refractivity contribution in [2.75, 3.05) is 78.5 Å². The lowest BCUT2D eigenvalue weighted by molar-refractivity contribution is 0.563. The molecule has 0 aromatic heterocycles. The molecule has 9 heteroatoms. The molecule has 0 aliphatic heterocycles. The van der Waals surface area contributed by atoms with E-state index in [2.05, 4.69) is 50.1 Å². The van der Waals surface area contributed by atoms with Gasteiger partial charge in [-0.1, -0.05) is 18.2 Å². The molecule has 0 radical (unpaired) electrons. The second-order valence-corrected chi connectivity index (χ2v) is 11.5. The van der Waals surface area contributed by atoms with Gasteiger partial charge in [0.15, 0.2) is 0 Å². The van der Waals surface area contributed by atoms with Crippen molar-refractivity contribution < 1.29 is 0 Å². The van der Waals surface area contributed by atoms with E-state index in [-0.39, 0.29) is 0 Å². The van der Waals surface area contributed by atoms with Gasteiger partial charge in [-0.25, -0.2) is 0 Å². The summed E-state index contributed by atoms with van der Waals surface area (Å²) in [4.78, 5) is 0. The highest BCUT2D eigenvalue weighted by atomic mass is 14.9. The van der Waals surface area contributed by atoms with Crippen LogP contribution in [0.25, 0.3) is 0 Å². The molecule has 0 amide bonds. The first kappa shape index (κ1) is 38.9. The molecule has 1 aromatic carbocycles. The van der Waals surface area contributed by atoms with Crippen LogP contribution >= 0.6 is 0 Å². The minimum absolute atomic E-state index is 0.794. The largest absolute Gasteiger partial charge is 0.330 e. The molecule has 0 atom stereocenters. The minimum atomic E-state index is 0.794. The van der Waals surface area contributed by atoms with Crippen molar-refractivity contribution in [2.24, 2.45) is 17.2 Å². The summed E-state index contributed by atoms with van der Waals surface area (Å²) in [5.41, 5.74) is 20.8. The third-order valence-corrected chi connectivity index (χ3v) is 7.39. The van der Waals surface area contributed by atoms with Gasteiger partial charge < -0.3 is 49.1 Å². The van der Waals surface area contributed by atoms with Crippen molar-refractivity contribution >= 4 is 0 Å². The van der Waals surface area contributed by atoms with Gasteiger partial charge in [-0.3, -0.25) is 0 Å². The Labute approximate surface area is 259 Å². The Morgan fingerprint density at radius 3 is 0.762 bits per heavy atom. The van der Waals surface area contributed by atoms with Crippen LogP contribution in [-0.2, 0) is 19.6 Å². The van der Waals surface area contributed by atoms with Gasteiger partial charge in [-0.2, -0.15) is 0 Å². The molecule has 0 aliphatic rings. The molecule has 1 rings (SSSR count). The van der Waals surface area contributed by atoms with Crippen molar-refractivity contribution in [1.82, 2.24) is 31.9 Å². The Morgan fingerprint density at radius 1 is 0.310 bits per heavy atom. The van der Waals surface area contributed by atoms with Crippen LogP contribution in [0, 0.1) is 0 Å². The molecule has 9 nitrogen and oxygen atoms in total.